The van der Waals surface area contributed by atoms with E-state index >= 15 is 0 Å². The van der Waals surface area contributed by atoms with Gasteiger partial charge in [0.05, 0.1) is 18.8 Å². The molecule has 5 heteroatoms. The maximum atomic E-state index is 9.41. The van der Waals surface area contributed by atoms with Crippen molar-refractivity contribution in [3.8, 4) is 0 Å². The first-order valence-corrected chi connectivity index (χ1v) is 11.7. The summed E-state index contributed by atoms with van der Waals surface area (Å²) in [6, 6.07) is 15.9. The van der Waals surface area contributed by atoms with E-state index in [-0.39, 0.29) is 24.7 Å². The number of anilines is 1. The molecule has 3 N–H and O–H groups in total. The van der Waals surface area contributed by atoms with Crippen LogP contribution in [-0.4, -0.2) is 35.7 Å². The van der Waals surface area contributed by atoms with Gasteiger partial charge in [-0.1, -0.05) is 62.6 Å². The van der Waals surface area contributed by atoms with Crippen LogP contribution >= 0.6 is 0 Å². The number of hydrogen-bond donors (Lipinski definition) is 2. The normalized spacial score (nSPS) is 28.1. The van der Waals surface area contributed by atoms with Crippen molar-refractivity contribution in [1.82, 2.24) is 4.90 Å². The fourth-order valence-electron chi connectivity index (χ4n) is 4.78. The maximum absolute atomic E-state index is 9.41. The molecule has 0 bridgehead atoms. The van der Waals surface area contributed by atoms with Gasteiger partial charge < -0.3 is 25.2 Å². The van der Waals surface area contributed by atoms with Crippen molar-refractivity contribution in [2.24, 2.45) is 5.92 Å². The van der Waals surface area contributed by atoms with Crippen LogP contribution in [-0.2, 0) is 16.1 Å². The molecule has 0 spiro atoms. The number of aliphatic hydroxyl groups excluding tert-OH is 1. The first kappa shape index (κ1) is 22.3. The number of aliphatic hydroxyl groups is 1. The Hall–Kier alpha value is -1.92. The molecule has 5 nitrogen and oxygen atoms in total. The third kappa shape index (κ3) is 5.66. The van der Waals surface area contributed by atoms with Gasteiger partial charge in [0.25, 0.3) is 0 Å². The van der Waals surface area contributed by atoms with E-state index in [9.17, 15) is 5.11 Å². The minimum Gasteiger partial charge on any atom is -0.399 e. The van der Waals surface area contributed by atoms with Crippen molar-refractivity contribution in [3.63, 3.8) is 0 Å². The number of likely N-dealkylation sites (tertiary alicyclic amines) is 1. The van der Waals surface area contributed by atoms with Crippen molar-refractivity contribution in [3.05, 3.63) is 65.2 Å². The summed E-state index contributed by atoms with van der Waals surface area (Å²) in [5.41, 5.74) is 9.75. The average Bonchev–Trinajstić information content (AvgIpc) is 2.77. The highest BCUT2D eigenvalue weighted by Gasteiger charge is 2.39. The average molecular weight is 425 g/mol. The molecule has 2 fully saturated rings. The second-order valence-corrected chi connectivity index (χ2v) is 9.06. The molecule has 2 aliphatic rings. The summed E-state index contributed by atoms with van der Waals surface area (Å²) in [6.07, 6.45) is 6.10. The van der Waals surface area contributed by atoms with Crippen LogP contribution in [0.4, 0.5) is 5.69 Å². The molecular weight excluding hydrogens is 388 g/mol. The Labute approximate surface area is 186 Å². The predicted octanol–water partition coefficient (Wildman–Crippen LogP) is 4.82. The second kappa shape index (κ2) is 10.6. The van der Waals surface area contributed by atoms with Crippen molar-refractivity contribution in [2.45, 2.75) is 64.1 Å². The summed E-state index contributed by atoms with van der Waals surface area (Å²) in [5.74, 6) is 0.211. The van der Waals surface area contributed by atoms with Gasteiger partial charge in [-0.2, -0.15) is 0 Å². The van der Waals surface area contributed by atoms with E-state index in [1.165, 1.54) is 32.1 Å². The van der Waals surface area contributed by atoms with Gasteiger partial charge in [0.1, 0.15) is 0 Å². The lowest BCUT2D eigenvalue weighted by atomic mass is 9.89. The number of benzene rings is 2. The molecule has 2 aromatic rings. The third-order valence-corrected chi connectivity index (χ3v) is 6.69. The van der Waals surface area contributed by atoms with E-state index in [1.54, 1.807) is 0 Å². The molecule has 0 aromatic heterocycles. The Morgan fingerprint density at radius 1 is 0.935 bits per heavy atom. The summed E-state index contributed by atoms with van der Waals surface area (Å²) in [7, 11) is 0. The molecule has 2 saturated heterocycles. The van der Waals surface area contributed by atoms with Gasteiger partial charge in [-0.25, -0.2) is 0 Å². The van der Waals surface area contributed by atoms with Crippen LogP contribution in [0.1, 0.15) is 68.1 Å². The number of ether oxygens (including phenoxy) is 2. The molecule has 0 amide bonds. The molecule has 31 heavy (non-hydrogen) atoms. The van der Waals surface area contributed by atoms with Crippen molar-refractivity contribution in [1.29, 1.82) is 0 Å². The maximum Gasteiger partial charge on any atom is 0.185 e. The third-order valence-electron chi connectivity index (χ3n) is 6.69. The molecule has 2 aromatic carbocycles. The number of nitrogen functional groups attached to an aromatic ring is 1. The smallest absolute Gasteiger partial charge is 0.185 e. The van der Waals surface area contributed by atoms with Gasteiger partial charge in [-0.15, -0.1) is 0 Å². The summed E-state index contributed by atoms with van der Waals surface area (Å²) < 4.78 is 13.1. The Morgan fingerprint density at radius 2 is 1.65 bits per heavy atom. The van der Waals surface area contributed by atoms with E-state index in [0.29, 0.717) is 5.69 Å². The van der Waals surface area contributed by atoms with Crippen molar-refractivity contribution >= 4 is 5.69 Å². The van der Waals surface area contributed by atoms with Gasteiger partial charge in [0, 0.05) is 23.7 Å². The van der Waals surface area contributed by atoms with Crippen LogP contribution in [0.5, 0.6) is 0 Å². The second-order valence-electron chi connectivity index (χ2n) is 9.06. The fraction of sp³-hybridized carbons (Fsp3) is 0.538. The van der Waals surface area contributed by atoms with Gasteiger partial charge in [-0.3, -0.25) is 0 Å². The number of nitrogens with two attached hydrogens (primary N) is 1. The first-order valence-electron chi connectivity index (χ1n) is 11.7. The largest absolute Gasteiger partial charge is 0.399 e. The summed E-state index contributed by atoms with van der Waals surface area (Å²) >= 11 is 0. The molecule has 0 saturated carbocycles. The lowest BCUT2D eigenvalue weighted by Gasteiger charge is -2.43. The van der Waals surface area contributed by atoms with E-state index in [1.807, 2.05) is 36.4 Å². The summed E-state index contributed by atoms with van der Waals surface area (Å²) in [6.45, 7) is 5.50. The van der Waals surface area contributed by atoms with E-state index in [2.05, 4.69) is 24.0 Å². The molecule has 2 heterocycles. The summed E-state index contributed by atoms with van der Waals surface area (Å²) in [5, 5.41) is 9.41. The van der Waals surface area contributed by atoms with Gasteiger partial charge >= 0.3 is 0 Å². The monoisotopic (exact) mass is 424 g/mol. The zero-order valence-corrected chi connectivity index (χ0v) is 18.6. The van der Waals surface area contributed by atoms with Crippen LogP contribution in [0.3, 0.4) is 0 Å². The highest BCUT2D eigenvalue weighted by molar-refractivity contribution is 5.41. The van der Waals surface area contributed by atoms with Crippen LogP contribution in [0.2, 0.25) is 0 Å². The minimum absolute atomic E-state index is 0.0496. The molecule has 0 unspecified atom stereocenters. The Bertz CT molecular complexity index is 818. The fourth-order valence-corrected chi connectivity index (χ4v) is 4.78. The molecular formula is C26H36N2O3. The minimum atomic E-state index is -0.443. The number of nitrogens with zero attached hydrogens (tertiary/aromatic N) is 1. The van der Waals surface area contributed by atoms with E-state index in [0.717, 1.165) is 36.3 Å². The SMILES string of the molecule is C[C@H]1[C@@H](CN2CCCCCCC2)O[C@@H](c2cccc(N)c2)O[C@H]1c1ccc(CO)cc1. The molecule has 4 atom stereocenters. The molecule has 2 aliphatic heterocycles. The van der Waals surface area contributed by atoms with Crippen molar-refractivity contribution < 1.29 is 14.6 Å². The lowest BCUT2D eigenvalue weighted by molar-refractivity contribution is -0.276. The number of rotatable bonds is 5. The highest BCUT2D eigenvalue weighted by atomic mass is 16.7. The topological polar surface area (TPSA) is 68.0 Å². The van der Waals surface area contributed by atoms with E-state index < -0.39 is 6.29 Å². The van der Waals surface area contributed by atoms with Crippen LogP contribution in [0.25, 0.3) is 0 Å². The molecule has 168 valence electrons. The van der Waals surface area contributed by atoms with Gasteiger partial charge in [-0.05, 0) is 49.2 Å². The van der Waals surface area contributed by atoms with Crippen molar-refractivity contribution in [2.75, 3.05) is 25.4 Å². The zero-order valence-electron chi connectivity index (χ0n) is 18.6. The van der Waals surface area contributed by atoms with Gasteiger partial charge in [0.2, 0.25) is 0 Å². The van der Waals surface area contributed by atoms with E-state index in [4.69, 9.17) is 15.2 Å². The predicted molar refractivity (Wildman–Crippen MR) is 123 cm³/mol. The van der Waals surface area contributed by atoms with Crippen LogP contribution in [0.15, 0.2) is 48.5 Å². The van der Waals surface area contributed by atoms with Gasteiger partial charge in [0.15, 0.2) is 6.29 Å². The highest BCUT2D eigenvalue weighted by Crippen LogP contribution is 2.42. The Morgan fingerprint density at radius 3 is 2.32 bits per heavy atom. The quantitative estimate of drug-likeness (QED) is 0.674. The Kier molecular flexibility index (Phi) is 7.62. The van der Waals surface area contributed by atoms with Crippen LogP contribution in [0, 0.1) is 5.92 Å². The Balaban J connectivity index is 1.57. The lowest BCUT2D eigenvalue weighted by Crippen LogP contribution is -2.45. The zero-order chi connectivity index (χ0) is 21.6. The molecule has 0 radical (unpaired) electrons. The number of hydrogen-bond acceptors (Lipinski definition) is 5. The first-order chi connectivity index (χ1) is 15.1. The molecule has 4 rings (SSSR count). The molecule has 0 aliphatic carbocycles. The summed E-state index contributed by atoms with van der Waals surface area (Å²) in [4.78, 5) is 2.58. The van der Waals surface area contributed by atoms with Crippen LogP contribution < -0.4 is 5.73 Å². The standard InChI is InChI=1S/C26H36N2O3/c1-19-24(17-28-14-5-3-2-4-6-15-28)30-26(22-8-7-9-23(27)16-22)31-25(19)21-12-10-20(18-29)11-13-21/h7-13,16,19,24-26,29H,2-6,14-15,17-18,27H2,1H3/t19-,24+,25+,26+/m0/s1.